The Morgan fingerprint density at radius 3 is 2.85 bits per heavy atom. The van der Waals surface area contributed by atoms with Crippen molar-refractivity contribution in [2.24, 2.45) is 0 Å². The molecule has 0 saturated carbocycles. The number of hydrogen-bond acceptors (Lipinski definition) is 7. The number of halogens is 1. The topological polar surface area (TPSA) is 132 Å². The van der Waals surface area contributed by atoms with E-state index in [1.54, 1.807) is 10.8 Å². The van der Waals surface area contributed by atoms with E-state index < -0.39 is 18.4 Å². The molecule has 6 N–H and O–H groups in total. The lowest BCUT2D eigenvalue weighted by molar-refractivity contribution is -0.0430. The van der Waals surface area contributed by atoms with Crippen LogP contribution >= 0.6 is 11.6 Å². The first kappa shape index (κ1) is 13.4. The zero-order valence-corrected chi connectivity index (χ0v) is 11.2. The van der Waals surface area contributed by atoms with Crippen LogP contribution in [-0.4, -0.2) is 43.6 Å². The molecule has 1 aliphatic heterocycles. The molecule has 0 amide bonds. The first-order valence-corrected chi connectivity index (χ1v) is 6.42. The third kappa shape index (κ3) is 1.97. The van der Waals surface area contributed by atoms with E-state index >= 15 is 0 Å². The monoisotopic (exact) mass is 299 g/mol. The Morgan fingerprint density at radius 1 is 1.45 bits per heavy atom. The van der Waals surface area contributed by atoms with Crippen molar-refractivity contribution in [3.63, 3.8) is 0 Å². The molecule has 0 spiro atoms. The van der Waals surface area contributed by atoms with E-state index in [2.05, 4.69) is 9.97 Å². The molecule has 0 unspecified atom stereocenters. The number of aliphatic hydroxyl groups excluding tert-OH is 2. The van der Waals surface area contributed by atoms with Crippen LogP contribution in [-0.2, 0) is 4.74 Å². The highest BCUT2D eigenvalue weighted by Crippen LogP contribution is 2.36. The summed E-state index contributed by atoms with van der Waals surface area (Å²) in [4.78, 5) is 7.98. The number of aromatic nitrogens is 3. The minimum atomic E-state index is -0.752. The van der Waals surface area contributed by atoms with Gasteiger partial charge in [-0.15, -0.1) is 0 Å². The van der Waals surface area contributed by atoms with Crippen LogP contribution in [0.1, 0.15) is 12.6 Å². The van der Waals surface area contributed by atoms with Crippen molar-refractivity contribution in [1.29, 1.82) is 0 Å². The number of aliphatic hydroxyl groups is 2. The average Bonchev–Trinajstić information content (AvgIpc) is 2.90. The number of nitrogen functional groups attached to an aromatic ring is 2. The Kier molecular flexibility index (Phi) is 3.17. The molecule has 2 aromatic rings. The van der Waals surface area contributed by atoms with Gasteiger partial charge in [0, 0.05) is 12.6 Å². The Bertz CT molecular complexity index is 661. The number of nitrogens with zero attached hydrogens (tertiary/aromatic N) is 3. The standard InChI is InChI=1S/C11H14ClN5O3/c12-4-2-17(7-1-5(19)6(3-18)20-7)10-8(4)9(13)15-11(14)16-10/h2,5-7,18-19H,1,3H2,(H4,13,14,15,16)/t5-,6+,7+/m0/s1. The second-order valence-electron chi connectivity index (χ2n) is 4.66. The Labute approximate surface area is 118 Å². The number of fused-ring (bicyclic) bond motifs is 1. The van der Waals surface area contributed by atoms with E-state index in [4.69, 9.17) is 32.9 Å². The lowest BCUT2D eigenvalue weighted by Gasteiger charge is -2.14. The predicted molar refractivity (Wildman–Crippen MR) is 73.0 cm³/mol. The van der Waals surface area contributed by atoms with Crippen LogP contribution in [0.2, 0.25) is 5.02 Å². The van der Waals surface area contributed by atoms with Gasteiger partial charge in [-0.25, -0.2) is 0 Å². The van der Waals surface area contributed by atoms with Gasteiger partial charge in [0.2, 0.25) is 5.95 Å². The molecule has 108 valence electrons. The molecule has 8 nitrogen and oxygen atoms in total. The van der Waals surface area contributed by atoms with Gasteiger partial charge in [0.15, 0.2) is 5.65 Å². The smallest absolute Gasteiger partial charge is 0.223 e. The van der Waals surface area contributed by atoms with Gasteiger partial charge in [0.05, 0.1) is 23.1 Å². The third-order valence-corrected chi connectivity index (χ3v) is 3.65. The van der Waals surface area contributed by atoms with Crippen molar-refractivity contribution in [2.45, 2.75) is 24.9 Å². The maximum atomic E-state index is 9.80. The molecule has 1 fully saturated rings. The molecular weight excluding hydrogens is 286 g/mol. The molecule has 1 aliphatic rings. The van der Waals surface area contributed by atoms with Gasteiger partial charge >= 0.3 is 0 Å². The molecule has 0 aliphatic carbocycles. The third-order valence-electron chi connectivity index (χ3n) is 3.37. The summed E-state index contributed by atoms with van der Waals surface area (Å²) >= 11 is 6.13. The van der Waals surface area contributed by atoms with Crippen LogP contribution in [0.4, 0.5) is 11.8 Å². The van der Waals surface area contributed by atoms with Crippen molar-refractivity contribution in [3.8, 4) is 0 Å². The highest BCUT2D eigenvalue weighted by Gasteiger charge is 2.35. The van der Waals surface area contributed by atoms with Crippen molar-refractivity contribution >= 4 is 34.4 Å². The fraction of sp³-hybridized carbons (Fsp3) is 0.455. The molecule has 0 radical (unpaired) electrons. The Hall–Kier alpha value is -1.61. The van der Waals surface area contributed by atoms with Crippen molar-refractivity contribution in [1.82, 2.24) is 14.5 Å². The minimum absolute atomic E-state index is 0.0308. The molecule has 2 aromatic heterocycles. The second-order valence-corrected chi connectivity index (χ2v) is 5.07. The van der Waals surface area contributed by atoms with Crippen molar-refractivity contribution in [2.75, 3.05) is 18.1 Å². The molecule has 20 heavy (non-hydrogen) atoms. The highest BCUT2D eigenvalue weighted by molar-refractivity contribution is 6.36. The molecule has 3 atom stereocenters. The zero-order valence-electron chi connectivity index (χ0n) is 10.4. The van der Waals surface area contributed by atoms with E-state index in [1.807, 2.05) is 0 Å². The summed E-state index contributed by atoms with van der Waals surface area (Å²) in [6, 6.07) is 0. The van der Waals surface area contributed by atoms with Gasteiger partial charge in [0.25, 0.3) is 0 Å². The molecule has 0 aromatic carbocycles. The van der Waals surface area contributed by atoms with E-state index in [9.17, 15) is 5.11 Å². The summed E-state index contributed by atoms with van der Waals surface area (Å²) in [5.41, 5.74) is 11.8. The van der Waals surface area contributed by atoms with Gasteiger partial charge in [-0.1, -0.05) is 11.6 Å². The number of nitrogens with two attached hydrogens (primary N) is 2. The van der Waals surface area contributed by atoms with E-state index in [-0.39, 0.29) is 18.4 Å². The van der Waals surface area contributed by atoms with Crippen LogP contribution in [0, 0.1) is 0 Å². The quantitative estimate of drug-likeness (QED) is 0.608. The Balaban J connectivity index is 2.09. The second kappa shape index (κ2) is 4.74. The van der Waals surface area contributed by atoms with Crippen LogP contribution in [0.15, 0.2) is 6.20 Å². The van der Waals surface area contributed by atoms with Crippen molar-refractivity contribution in [3.05, 3.63) is 11.2 Å². The summed E-state index contributed by atoms with van der Waals surface area (Å²) < 4.78 is 7.22. The van der Waals surface area contributed by atoms with Crippen LogP contribution in [0.3, 0.4) is 0 Å². The van der Waals surface area contributed by atoms with Gasteiger partial charge < -0.3 is 31.0 Å². The normalized spacial score (nSPS) is 26.4. The maximum absolute atomic E-state index is 9.80. The summed E-state index contributed by atoms with van der Waals surface area (Å²) in [7, 11) is 0. The average molecular weight is 300 g/mol. The summed E-state index contributed by atoms with van der Waals surface area (Å²) in [6.45, 7) is -0.260. The molecule has 3 heterocycles. The van der Waals surface area contributed by atoms with E-state index in [1.165, 1.54) is 0 Å². The molecule has 9 heteroatoms. The molecular formula is C11H14ClN5O3. The first-order valence-electron chi connectivity index (χ1n) is 6.04. The summed E-state index contributed by atoms with van der Waals surface area (Å²) in [5.74, 6) is 0.219. The lowest BCUT2D eigenvalue weighted by atomic mass is 10.2. The largest absolute Gasteiger partial charge is 0.394 e. The fourth-order valence-corrected chi connectivity index (χ4v) is 2.70. The van der Waals surface area contributed by atoms with Crippen molar-refractivity contribution < 1.29 is 14.9 Å². The van der Waals surface area contributed by atoms with Crippen LogP contribution < -0.4 is 11.5 Å². The molecule has 0 bridgehead atoms. The van der Waals surface area contributed by atoms with Gasteiger partial charge in [-0.3, -0.25) is 0 Å². The zero-order chi connectivity index (χ0) is 14.4. The lowest BCUT2D eigenvalue weighted by Crippen LogP contribution is -2.24. The van der Waals surface area contributed by atoms with E-state index in [0.717, 1.165) is 0 Å². The number of ether oxygens (including phenoxy) is 1. The van der Waals surface area contributed by atoms with Crippen LogP contribution in [0.25, 0.3) is 11.0 Å². The fourth-order valence-electron chi connectivity index (χ4n) is 2.42. The van der Waals surface area contributed by atoms with Gasteiger partial charge in [-0.2, -0.15) is 9.97 Å². The van der Waals surface area contributed by atoms with Crippen LogP contribution in [0.5, 0.6) is 0 Å². The summed E-state index contributed by atoms with van der Waals surface area (Å²) in [5, 5.41) is 19.8. The summed E-state index contributed by atoms with van der Waals surface area (Å²) in [6.07, 6.45) is 0.0413. The molecule has 1 saturated heterocycles. The SMILES string of the molecule is Nc1nc(N)c2c(Cl)cn([C@H]3C[C@H](O)[C@@H](CO)O3)c2n1. The number of anilines is 2. The van der Waals surface area contributed by atoms with Gasteiger partial charge in [0.1, 0.15) is 18.1 Å². The first-order chi connectivity index (χ1) is 9.51. The number of hydrogen-bond donors (Lipinski definition) is 4. The maximum Gasteiger partial charge on any atom is 0.223 e. The minimum Gasteiger partial charge on any atom is -0.394 e. The van der Waals surface area contributed by atoms with Gasteiger partial charge in [-0.05, 0) is 0 Å². The highest BCUT2D eigenvalue weighted by atomic mass is 35.5. The number of rotatable bonds is 2. The molecule has 3 rings (SSSR count). The van der Waals surface area contributed by atoms with E-state index in [0.29, 0.717) is 22.5 Å². The Morgan fingerprint density at radius 2 is 2.20 bits per heavy atom. The predicted octanol–water partition coefficient (Wildman–Crippen LogP) is -0.110.